The second-order valence-electron chi connectivity index (χ2n) is 10.4. The fourth-order valence-electron chi connectivity index (χ4n) is 6.26. The van der Waals surface area contributed by atoms with Crippen molar-refractivity contribution >= 4 is 22.9 Å². The number of carbonyl (C=O) groups excluding carboxylic acids is 2. The van der Waals surface area contributed by atoms with Gasteiger partial charge in [-0.3, -0.25) is 9.59 Å². The molecule has 0 bridgehead atoms. The van der Waals surface area contributed by atoms with Crippen LogP contribution in [0.25, 0.3) is 11.1 Å². The van der Waals surface area contributed by atoms with Gasteiger partial charge in [-0.15, -0.1) is 0 Å². The zero-order valence-corrected chi connectivity index (χ0v) is 19.0. The summed E-state index contributed by atoms with van der Waals surface area (Å²) >= 11 is 0. The van der Waals surface area contributed by atoms with Crippen molar-refractivity contribution < 1.29 is 14.0 Å². The summed E-state index contributed by atoms with van der Waals surface area (Å²) in [5.41, 5.74) is 1.34. The molecule has 2 fully saturated rings. The molecule has 3 unspecified atom stereocenters. The number of hydrogen-bond donors (Lipinski definition) is 1. The number of rotatable bonds is 3. The van der Waals surface area contributed by atoms with Crippen LogP contribution in [0.5, 0.6) is 0 Å². The van der Waals surface area contributed by atoms with Gasteiger partial charge in [0, 0.05) is 24.2 Å². The van der Waals surface area contributed by atoms with Gasteiger partial charge in [0.2, 0.25) is 5.91 Å². The van der Waals surface area contributed by atoms with Gasteiger partial charge in [-0.25, -0.2) is 0 Å². The summed E-state index contributed by atoms with van der Waals surface area (Å²) in [5, 5.41) is 3.39. The van der Waals surface area contributed by atoms with E-state index in [1.54, 1.807) is 6.26 Å². The van der Waals surface area contributed by atoms with Gasteiger partial charge in [0.05, 0.1) is 18.3 Å². The fourth-order valence-corrected chi connectivity index (χ4v) is 6.26. The molecule has 5 rings (SSSR count). The minimum Gasteiger partial charge on any atom is -0.463 e. The highest BCUT2D eigenvalue weighted by Crippen LogP contribution is 2.38. The number of hydrogen-bond acceptors (Lipinski definition) is 3. The van der Waals surface area contributed by atoms with E-state index in [1.807, 2.05) is 28.5 Å². The van der Waals surface area contributed by atoms with Crippen LogP contribution in [0, 0.1) is 11.8 Å². The van der Waals surface area contributed by atoms with Crippen LogP contribution in [-0.4, -0.2) is 38.9 Å². The number of aromatic nitrogens is 1. The maximum Gasteiger partial charge on any atom is 0.271 e. The molecule has 6 heteroatoms. The van der Waals surface area contributed by atoms with Crippen molar-refractivity contribution in [3.05, 3.63) is 24.1 Å². The van der Waals surface area contributed by atoms with E-state index in [9.17, 15) is 9.59 Å². The largest absolute Gasteiger partial charge is 0.463 e. The molecule has 0 aromatic carbocycles. The summed E-state index contributed by atoms with van der Waals surface area (Å²) in [6.07, 6.45) is 10.4. The normalized spacial score (nSPS) is 32.3. The van der Waals surface area contributed by atoms with Gasteiger partial charge in [0.25, 0.3) is 5.91 Å². The van der Waals surface area contributed by atoms with E-state index in [1.165, 1.54) is 12.8 Å². The third-order valence-corrected chi connectivity index (χ3v) is 8.41. The van der Waals surface area contributed by atoms with Crippen LogP contribution in [0.4, 0.5) is 0 Å². The van der Waals surface area contributed by atoms with E-state index >= 15 is 0 Å². The molecule has 2 aromatic rings. The number of furan rings is 1. The molecule has 4 atom stereocenters. The molecule has 2 aromatic heterocycles. The van der Waals surface area contributed by atoms with E-state index in [0.717, 1.165) is 44.0 Å². The highest BCUT2D eigenvalue weighted by atomic mass is 16.3. The molecule has 168 valence electrons. The van der Waals surface area contributed by atoms with Gasteiger partial charge in [-0.1, -0.05) is 46.0 Å². The van der Waals surface area contributed by atoms with Gasteiger partial charge < -0.3 is 19.2 Å². The summed E-state index contributed by atoms with van der Waals surface area (Å²) in [6.45, 7) is 6.97. The number of fused-ring (bicyclic) bond motifs is 3. The smallest absolute Gasteiger partial charge is 0.271 e. The number of amides is 2. The molecule has 0 radical (unpaired) electrons. The maximum absolute atomic E-state index is 13.9. The predicted octanol–water partition coefficient (Wildman–Crippen LogP) is 4.72. The molecule has 6 nitrogen and oxygen atoms in total. The third kappa shape index (κ3) is 3.30. The molecule has 1 N–H and O–H groups in total. The summed E-state index contributed by atoms with van der Waals surface area (Å²) < 4.78 is 7.58. The van der Waals surface area contributed by atoms with Gasteiger partial charge >= 0.3 is 0 Å². The van der Waals surface area contributed by atoms with Crippen molar-refractivity contribution in [1.29, 1.82) is 0 Å². The Morgan fingerprint density at radius 3 is 2.68 bits per heavy atom. The average molecular weight is 426 g/mol. The summed E-state index contributed by atoms with van der Waals surface area (Å²) in [5.74, 6) is 1.02. The average Bonchev–Trinajstić information content (AvgIpc) is 3.35. The molecule has 2 amide bonds. The van der Waals surface area contributed by atoms with Gasteiger partial charge in [-0.2, -0.15) is 0 Å². The number of nitrogens with one attached hydrogen (secondary N) is 1. The predicted molar refractivity (Wildman–Crippen MR) is 120 cm³/mol. The van der Waals surface area contributed by atoms with Crippen LogP contribution in [-0.2, 0) is 11.3 Å². The Morgan fingerprint density at radius 2 is 1.90 bits per heavy atom. The molecule has 2 aliphatic carbocycles. The standard InChI is InChI=1S/C25H35N3O3/c1-16-8-7-11-19(17(16)2)26-24(30)25(3)15-27-20-12-13-31-22(20)14-21(27)23(29)28(25)18-9-5-4-6-10-18/h12-14,16-19H,4-11,15H2,1-3H3,(H,26,30)/t16?,17?,19-,25?/m1/s1. The van der Waals surface area contributed by atoms with Crippen molar-refractivity contribution in [2.45, 2.75) is 96.3 Å². The Morgan fingerprint density at radius 1 is 1.13 bits per heavy atom. The molecule has 0 spiro atoms. The van der Waals surface area contributed by atoms with Gasteiger partial charge in [0.1, 0.15) is 11.2 Å². The lowest BCUT2D eigenvalue weighted by molar-refractivity contribution is -0.136. The van der Waals surface area contributed by atoms with Crippen LogP contribution < -0.4 is 5.32 Å². The quantitative estimate of drug-likeness (QED) is 0.774. The maximum atomic E-state index is 13.9. The minimum atomic E-state index is -0.907. The number of carbonyl (C=O) groups is 2. The van der Waals surface area contributed by atoms with Gasteiger partial charge in [0.15, 0.2) is 5.58 Å². The molecule has 2 saturated carbocycles. The highest BCUT2D eigenvalue weighted by Gasteiger charge is 2.51. The zero-order valence-electron chi connectivity index (χ0n) is 19.0. The highest BCUT2D eigenvalue weighted by molar-refractivity contribution is 6.03. The summed E-state index contributed by atoms with van der Waals surface area (Å²) in [6, 6.07) is 4.03. The van der Waals surface area contributed by atoms with Gasteiger partial charge in [-0.05, 0) is 38.0 Å². The molecule has 0 saturated heterocycles. The van der Waals surface area contributed by atoms with Crippen LogP contribution in [0.15, 0.2) is 22.8 Å². The Balaban J connectivity index is 1.52. The van der Waals surface area contributed by atoms with Crippen molar-refractivity contribution in [2.24, 2.45) is 11.8 Å². The van der Waals surface area contributed by atoms with E-state index in [4.69, 9.17) is 4.42 Å². The van der Waals surface area contributed by atoms with Crippen molar-refractivity contribution in [2.75, 3.05) is 0 Å². The second kappa shape index (κ2) is 7.72. The van der Waals surface area contributed by atoms with E-state index in [-0.39, 0.29) is 23.9 Å². The number of nitrogens with zero attached hydrogens (tertiary/aromatic N) is 2. The van der Waals surface area contributed by atoms with Crippen molar-refractivity contribution in [3.8, 4) is 0 Å². The topological polar surface area (TPSA) is 67.5 Å². The monoisotopic (exact) mass is 425 g/mol. The zero-order chi connectivity index (χ0) is 21.8. The third-order valence-electron chi connectivity index (χ3n) is 8.41. The van der Waals surface area contributed by atoms with Crippen LogP contribution in [0.1, 0.15) is 82.6 Å². The molecular weight excluding hydrogens is 390 g/mol. The lowest BCUT2D eigenvalue weighted by atomic mass is 9.77. The summed E-state index contributed by atoms with van der Waals surface area (Å²) in [4.78, 5) is 29.6. The summed E-state index contributed by atoms with van der Waals surface area (Å²) in [7, 11) is 0. The SMILES string of the molecule is CC1CCC[C@@H](NC(=O)C2(C)Cn3c(cc4occc43)C(=O)N2C2CCCCC2)C1C. The molecule has 1 aliphatic heterocycles. The first-order valence-electron chi connectivity index (χ1n) is 12.1. The van der Waals surface area contributed by atoms with Crippen molar-refractivity contribution in [3.63, 3.8) is 0 Å². The van der Waals surface area contributed by atoms with Crippen LogP contribution in [0.3, 0.4) is 0 Å². The Labute approximate surface area is 184 Å². The molecule has 3 aliphatic rings. The first kappa shape index (κ1) is 20.7. The van der Waals surface area contributed by atoms with E-state index in [0.29, 0.717) is 29.7 Å². The molecule has 3 heterocycles. The Bertz CT molecular complexity index is 985. The van der Waals surface area contributed by atoms with Crippen LogP contribution >= 0.6 is 0 Å². The van der Waals surface area contributed by atoms with E-state index in [2.05, 4.69) is 19.2 Å². The molecular formula is C25H35N3O3. The molecule has 31 heavy (non-hydrogen) atoms. The fraction of sp³-hybridized carbons (Fsp3) is 0.680. The lowest BCUT2D eigenvalue weighted by Crippen LogP contribution is -2.68. The Kier molecular flexibility index (Phi) is 5.14. The first-order valence-corrected chi connectivity index (χ1v) is 12.1. The minimum absolute atomic E-state index is 0.00614. The first-order chi connectivity index (χ1) is 14.9. The lowest BCUT2D eigenvalue weighted by Gasteiger charge is -2.49. The van der Waals surface area contributed by atoms with Crippen molar-refractivity contribution in [1.82, 2.24) is 14.8 Å². The van der Waals surface area contributed by atoms with E-state index < -0.39 is 5.54 Å². The van der Waals surface area contributed by atoms with Crippen LogP contribution in [0.2, 0.25) is 0 Å². The Hall–Kier alpha value is -2.24. The second-order valence-corrected chi connectivity index (χ2v) is 10.4.